The van der Waals surface area contributed by atoms with Crippen LogP contribution in [0.5, 0.6) is 5.75 Å². The quantitative estimate of drug-likeness (QED) is 0.345. The second-order valence-electron chi connectivity index (χ2n) is 6.56. The van der Waals surface area contributed by atoms with Gasteiger partial charge in [0.2, 0.25) is 0 Å². The minimum Gasteiger partial charge on any atom is -0.406 e. The van der Waals surface area contributed by atoms with Gasteiger partial charge in [0.15, 0.2) is 5.96 Å². The van der Waals surface area contributed by atoms with Gasteiger partial charge in [-0.25, -0.2) is 4.99 Å². The molecule has 3 N–H and O–H groups in total. The summed E-state index contributed by atoms with van der Waals surface area (Å²) in [4.78, 5) is 4.20. The third-order valence-corrected chi connectivity index (χ3v) is 4.43. The summed E-state index contributed by atoms with van der Waals surface area (Å²) in [5, 5.41) is 11.6. The summed E-state index contributed by atoms with van der Waals surface area (Å²) < 4.78 is 42.5. The van der Waals surface area contributed by atoms with Gasteiger partial charge in [-0.05, 0) is 30.5 Å². The number of aliphatic imine (C=N–C) groups is 1. The van der Waals surface area contributed by atoms with Crippen molar-refractivity contribution in [3.05, 3.63) is 41.5 Å². The Hall–Kier alpha value is -2.05. The van der Waals surface area contributed by atoms with E-state index in [0.717, 1.165) is 43.0 Å². The Labute approximate surface area is 183 Å². The summed E-state index contributed by atoms with van der Waals surface area (Å²) in [5.74, 6) is 1.99. The Morgan fingerprint density at radius 2 is 1.93 bits per heavy atom. The molecule has 11 heteroatoms. The normalized spacial score (nSPS) is 14.5. The molecule has 0 spiro atoms. The molecule has 29 heavy (non-hydrogen) atoms. The van der Waals surface area contributed by atoms with Gasteiger partial charge < -0.3 is 20.4 Å². The predicted octanol–water partition coefficient (Wildman–Crippen LogP) is 3.17. The van der Waals surface area contributed by atoms with Gasteiger partial charge in [0.1, 0.15) is 17.4 Å². The predicted molar refractivity (Wildman–Crippen MR) is 113 cm³/mol. The van der Waals surface area contributed by atoms with Crippen LogP contribution in [0.4, 0.5) is 13.2 Å². The van der Waals surface area contributed by atoms with E-state index < -0.39 is 6.36 Å². The summed E-state index contributed by atoms with van der Waals surface area (Å²) >= 11 is 0. The molecule has 0 fully saturated rings. The standard InChI is InChI=1S/C18H23F3N6O.HI/c19-18(20,21)28-14-7-5-13(6-8-14)12-24-17(22)23-10-9-16-26-25-15-4-2-1-3-11-27(15)16;/h5-8H,1-4,9-12H2,(H3,22,23,24);1H. The number of aryl methyl sites for hydroxylation is 1. The van der Waals surface area contributed by atoms with Crippen LogP contribution in [-0.4, -0.2) is 33.6 Å². The molecule has 160 valence electrons. The molecule has 1 aliphatic rings. The van der Waals surface area contributed by atoms with E-state index in [1.165, 1.54) is 30.7 Å². The number of hydrogen-bond acceptors (Lipinski definition) is 4. The maximum absolute atomic E-state index is 12.2. The molecule has 7 nitrogen and oxygen atoms in total. The van der Waals surface area contributed by atoms with E-state index in [-0.39, 0.29) is 42.2 Å². The lowest BCUT2D eigenvalue weighted by Crippen LogP contribution is -2.33. The number of ether oxygens (including phenoxy) is 1. The van der Waals surface area contributed by atoms with Crippen molar-refractivity contribution in [1.29, 1.82) is 0 Å². The van der Waals surface area contributed by atoms with E-state index >= 15 is 0 Å². The van der Waals surface area contributed by atoms with Crippen LogP contribution in [0.2, 0.25) is 0 Å². The summed E-state index contributed by atoms with van der Waals surface area (Å²) in [6.45, 7) is 1.78. The largest absolute Gasteiger partial charge is 0.573 e. The van der Waals surface area contributed by atoms with E-state index in [9.17, 15) is 13.2 Å². The minimum absolute atomic E-state index is 0. The van der Waals surface area contributed by atoms with Crippen LogP contribution in [0.25, 0.3) is 0 Å². The van der Waals surface area contributed by atoms with Crippen LogP contribution >= 0.6 is 24.0 Å². The average Bonchev–Trinajstić information content (AvgIpc) is 2.86. The van der Waals surface area contributed by atoms with Crippen molar-refractivity contribution < 1.29 is 17.9 Å². The molecule has 0 saturated heterocycles. The number of halogens is 4. The zero-order valence-electron chi connectivity index (χ0n) is 15.8. The zero-order valence-corrected chi connectivity index (χ0v) is 18.1. The number of fused-ring (bicyclic) bond motifs is 1. The Balaban J connectivity index is 0.00000300. The average molecular weight is 524 g/mol. The molecule has 0 atom stereocenters. The number of alkyl halides is 3. The highest BCUT2D eigenvalue weighted by Gasteiger charge is 2.30. The fourth-order valence-electron chi connectivity index (χ4n) is 3.06. The number of rotatable bonds is 6. The van der Waals surface area contributed by atoms with Gasteiger partial charge in [-0.3, -0.25) is 0 Å². The summed E-state index contributed by atoms with van der Waals surface area (Å²) in [7, 11) is 0. The summed E-state index contributed by atoms with van der Waals surface area (Å²) in [6, 6.07) is 5.53. The van der Waals surface area contributed by atoms with Crippen molar-refractivity contribution in [3.8, 4) is 5.75 Å². The van der Waals surface area contributed by atoms with Crippen LogP contribution < -0.4 is 15.8 Å². The van der Waals surface area contributed by atoms with E-state index in [1.54, 1.807) is 0 Å². The highest BCUT2D eigenvalue weighted by atomic mass is 127. The Bertz CT molecular complexity index is 807. The van der Waals surface area contributed by atoms with Crippen LogP contribution in [0.15, 0.2) is 29.3 Å². The number of benzene rings is 1. The van der Waals surface area contributed by atoms with Crippen molar-refractivity contribution in [1.82, 2.24) is 20.1 Å². The van der Waals surface area contributed by atoms with Crippen molar-refractivity contribution in [2.24, 2.45) is 10.7 Å². The first-order chi connectivity index (χ1) is 13.4. The molecule has 0 bridgehead atoms. The van der Waals surface area contributed by atoms with E-state index in [0.29, 0.717) is 13.0 Å². The van der Waals surface area contributed by atoms with Crippen LogP contribution in [0, 0.1) is 0 Å². The van der Waals surface area contributed by atoms with Gasteiger partial charge in [-0.15, -0.1) is 47.3 Å². The van der Waals surface area contributed by atoms with Gasteiger partial charge in [0, 0.05) is 25.9 Å². The highest BCUT2D eigenvalue weighted by Crippen LogP contribution is 2.22. The van der Waals surface area contributed by atoms with Crippen molar-refractivity contribution in [2.45, 2.75) is 51.6 Å². The molecule has 2 heterocycles. The van der Waals surface area contributed by atoms with Crippen LogP contribution in [0.1, 0.15) is 36.5 Å². The van der Waals surface area contributed by atoms with Crippen LogP contribution in [0.3, 0.4) is 0 Å². The molecule has 1 aromatic heterocycles. The number of aromatic nitrogens is 3. The lowest BCUT2D eigenvalue weighted by molar-refractivity contribution is -0.274. The highest BCUT2D eigenvalue weighted by molar-refractivity contribution is 14.0. The Kier molecular flexibility index (Phi) is 8.53. The molecule has 2 aromatic rings. The number of guanidine groups is 1. The van der Waals surface area contributed by atoms with E-state index in [4.69, 9.17) is 5.73 Å². The Morgan fingerprint density at radius 1 is 1.17 bits per heavy atom. The van der Waals surface area contributed by atoms with Crippen molar-refractivity contribution >= 4 is 29.9 Å². The maximum Gasteiger partial charge on any atom is 0.573 e. The molecule has 0 aliphatic carbocycles. The molecule has 0 saturated carbocycles. The van der Waals surface area contributed by atoms with Crippen molar-refractivity contribution in [3.63, 3.8) is 0 Å². The molecule has 0 unspecified atom stereocenters. The van der Waals surface area contributed by atoms with Gasteiger partial charge in [0.05, 0.1) is 6.54 Å². The van der Waals surface area contributed by atoms with E-state index in [1.807, 2.05) is 0 Å². The number of nitrogens with two attached hydrogens (primary N) is 1. The minimum atomic E-state index is -4.70. The number of nitrogens with one attached hydrogen (secondary N) is 1. The van der Waals surface area contributed by atoms with Gasteiger partial charge in [0.25, 0.3) is 0 Å². The monoisotopic (exact) mass is 524 g/mol. The molecule has 0 radical (unpaired) electrons. The SMILES string of the molecule is I.NC(=NCc1ccc(OC(F)(F)F)cc1)NCCc1nnc2n1CCCCC2. The molecular formula is C18H24F3IN6O. The van der Waals surface area contributed by atoms with Crippen LogP contribution in [-0.2, 0) is 25.9 Å². The second-order valence-corrected chi connectivity index (χ2v) is 6.56. The second kappa shape index (κ2) is 10.6. The maximum atomic E-state index is 12.2. The van der Waals surface area contributed by atoms with E-state index in [2.05, 4.69) is 29.8 Å². The first-order valence-electron chi connectivity index (χ1n) is 9.20. The van der Waals surface area contributed by atoms with Gasteiger partial charge >= 0.3 is 6.36 Å². The van der Waals surface area contributed by atoms with Gasteiger partial charge in [-0.2, -0.15) is 0 Å². The third-order valence-electron chi connectivity index (χ3n) is 4.43. The smallest absolute Gasteiger partial charge is 0.406 e. The first kappa shape index (κ1) is 23.2. The third kappa shape index (κ3) is 7.37. The molecule has 1 aromatic carbocycles. The topological polar surface area (TPSA) is 90.3 Å². The lowest BCUT2D eigenvalue weighted by Gasteiger charge is -2.09. The molecule has 1 aliphatic heterocycles. The summed E-state index contributed by atoms with van der Waals surface area (Å²) in [6.07, 6.45) is 0.464. The number of hydrogen-bond donors (Lipinski definition) is 2. The molecule has 0 amide bonds. The fourth-order valence-corrected chi connectivity index (χ4v) is 3.06. The molecule has 3 rings (SSSR count). The fraction of sp³-hybridized carbons (Fsp3) is 0.500. The van der Waals surface area contributed by atoms with Gasteiger partial charge in [-0.1, -0.05) is 18.6 Å². The summed E-state index contributed by atoms with van der Waals surface area (Å²) in [5.41, 5.74) is 6.58. The van der Waals surface area contributed by atoms with Crippen molar-refractivity contribution in [2.75, 3.05) is 6.54 Å². The Morgan fingerprint density at radius 3 is 2.66 bits per heavy atom. The lowest BCUT2D eigenvalue weighted by atomic mass is 10.2. The first-order valence-corrected chi connectivity index (χ1v) is 9.20. The number of nitrogens with zero attached hydrogens (tertiary/aromatic N) is 4. The molecular weight excluding hydrogens is 500 g/mol. The zero-order chi connectivity index (χ0) is 20.0.